The maximum atomic E-state index is 5.67. The first kappa shape index (κ1) is 9.40. The van der Waals surface area contributed by atoms with Crippen LogP contribution in [0.25, 0.3) is 0 Å². The molecule has 0 aromatic carbocycles. The molecule has 14 heavy (non-hydrogen) atoms. The Labute approximate surface area is 83.7 Å². The minimum Gasteiger partial charge on any atom is -0.472 e. The van der Waals surface area contributed by atoms with Gasteiger partial charge < -0.3 is 10.1 Å². The van der Waals surface area contributed by atoms with E-state index in [1.807, 2.05) is 19.1 Å². The lowest BCUT2D eigenvalue weighted by atomic mass is 10.1. The Morgan fingerprint density at radius 1 is 1.43 bits per heavy atom. The van der Waals surface area contributed by atoms with Crippen molar-refractivity contribution in [2.75, 3.05) is 13.1 Å². The van der Waals surface area contributed by atoms with Crippen LogP contribution in [0, 0.1) is 6.92 Å². The Bertz CT molecular complexity index is 280. The third-order valence-electron chi connectivity index (χ3n) is 2.31. The van der Waals surface area contributed by atoms with Crippen molar-refractivity contribution < 1.29 is 4.74 Å². The standard InChI is InChI=1S/C10H15N3O/c1-8-4-5-10(13-12-8)14-9-3-2-6-11-7-9/h4-5,9,11H,2-3,6-7H2,1H3. The van der Waals surface area contributed by atoms with Gasteiger partial charge in [0.15, 0.2) is 0 Å². The smallest absolute Gasteiger partial charge is 0.233 e. The van der Waals surface area contributed by atoms with E-state index in [1.54, 1.807) is 0 Å². The van der Waals surface area contributed by atoms with Crippen LogP contribution in [0.5, 0.6) is 5.88 Å². The van der Waals surface area contributed by atoms with E-state index < -0.39 is 0 Å². The molecule has 2 heterocycles. The molecule has 1 aliphatic heterocycles. The van der Waals surface area contributed by atoms with E-state index in [2.05, 4.69) is 15.5 Å². The Morgan fingerprint density at radius 2 is 2.36 bits per heavy atom. The molecule has 0 bridgehead atoms. The highest BCUT2D eigenvalue weighted by Gasteiger charge is 2.14. The summed E-state index contributed by atoms with van der Waals surface area (Å²) in [4.78, 5) is 0. The fraction of sp³-hybridized carbons (Fsp3) is 0.600. The van der Waals surface area contributed by atoms with E-state index in [0.717, 1.165) is 25.2 Å². The number of rotatable bonds is 2. The summed E-state index contributed by atoms with van der Waals surface area (Å²) in [6.45, 7) is 3.92. The van der Waals surface area contributed by atoms with Crippen LogP contribution in [0.2, 0.25) is 0 Å². The van der Waals surface area contributed by atoms with Gasteiger partial charge in [-0.05, 0) is 32.4 Å². The predicted octanol–water partition coefficient (Wildman–Crippen LogP) is 0.916. The van der Waals surface area contributed by atoms with Gasteiger partial charge in [-0.1, -0.05) is 0 Å². The molecule has 76 valence electrons. The van der Waals surface area contributed by atoms with Crippen LogP contribution in [0.1, 0.15) is 18.5 Å². The van der Waals surface area contributed by atoms with Crippen LogP contribution in [0.3, 0.4) is 0 Å². The van der Waals surface area contributed by atoms with E-state index in [9.17, 15) is 0 Å². The van der Waals surface area contributed by atoms with Gasteiger partial charge in [0, 0.05) is 12.6 Å². The molecule has 2 rings (SSSR count). The number of hydrogen-bond donors (Lipinski definition) is 1. The molecule has 1 unspecified atom stereocenters. The van der Waals surface area contributed by atoms with Crippen molar-refractivity contribution in [1.82, 2.24) is 15.5 Å². The molecule has 1 saturated heterocycles. The molecular formula is C10H15N3O. The minimum atomic E-state index is 0.251. The van der Waals surface area contributed by atoms with Crippen LogP contribution in [-0.2, 0) is 0 Å². The van der Waals surface area contributed by atoms with Crippen molar-refractivity contribution in [3.8, 4) is 5.88 Å². The topological polar surface area (TPSA) is 47.0 Å². The van der Waals surface area contributed by atoms with Crippen LogP contribution >= 0.6 is 0 Å². The fourth-order valence-corrected chi connectivity index (χ4v) is 1.54. The van der Waals surface area contributed by atoms with Crippen LogP contribution in [-0.4, -0.2) is 29.4 Å². The van der Waals surface area contributed by atoms with Crippen molar-refractivity contribution in [2.45, 2.75) is 25.9 Å². The molecule has 0 radical (unpaired) electrons. The summed E-state index contributed by atoms with van der Waals surface area (Å²) >= 11 is 0. The molecule has 0 saturated carbocycles. The maximum absolute atomic E-state index is 5.67. The van der Waals surface area contributed by atoms with Gasteiger partial charge in [-0.2, -0.15) is 5.10 Å². The molecule has 0 aliphatic carbocycles. The van der Waals surface area contributed by atoms with Crippen LogP contribution in [0.15, 0.2) is 12.1 Å². The number of ether oxygens (including phenoxy) is 1. The highest BCUT2D eigenvalue weighted by atomic mass is 16.5. The first-order valence-corrected chi connectivity index (χ1v) is 5.02. The molecule has 1 fully saturated rings. The lowest BCUT2D eigenvalue weighted by Gasteiger charge is -2.22. The summed E-state index contributed by atoms with van der Waals surface area (Å²) in [7, 11) is 0. The second-order valence-electron chi connectivity index (χ2n) is 3.60. The summed E-state index contributed by atoms with van der Waals surface area (Å²) in [6.07, 6.45) is 2.52. The number of nitrogens with zero attached hydrogens (tertiary/aromatic N) is 2. The summed E-state index contributed by atoms with van der Waals surface area (Å²) in [5.74, 6) is 0.629. The predicted molar refractivity (Wildman–Crippen MR) is 53.3 cm³/mol. The van der Waals surface area contributed by atoms with E-state index in [0.29, 0.717) is 5.88 Å². The van der Waals surface area contributed by atoms with Gasteiger partial charge in [-0.25, -0.2) is 0 Å². The monoisotopic (exact) mass is 193 g/mol. The zero-order chi connectivity index (χ0) is 9.80. The second kappa shape index (κ2) is 4.37. The Balaban J connectivity index is 1.92. The zero-order valence-corrected chi connectivity index (χ0v) is 8.36. The zero-order valence-electron chi connectivity index (χ0n) is 8.36. The number of aromatic nitrogens is 2. The van der Waals surface area contributed by atoms with E-state index >= 15 is 0 Å². The van der Waals surface area contributed by atoms with Crippen molar-refractivity contribution >= 4 is 0 Å². The third-order valence-corrected chi connectivity index (χ3v) is 2.31. The fourth-order valence-electron chi connectivity index (χ4n) is 1.54. The van der Waals surface area contributed by atoms with E-state index in [-0.39, 0.29) is 6.10 Å². The van der Waals surface area contributed by atoms with Crippen molar-refractivity contribution in [1.29, 1.82) is 0 Å². The summed E-state index contributed by atoms with van der Waals surface area (Å²) < 4.78 is 5.67. The number of aryl methyl sites for hydroxylation is 1. The van der Waals surface area contributed by atoms with Crippen molar-refractivity contribution in [3.05, 3.63) is 17.8 Å². The Morgan fingerprint density at radius 3 is 3.00 bits per heavy atom. The number of nitrogens with one attached hydrogen (secondary N) is 1. The molecule has 1 aromatic heterocycles. The van der Waals surface area contributed by atoms with Gasteiger partial charge in [-0.3, -0.25) is 0 Å². The first-order valence-electron chi connectivity index (χ1n) is 5.02. The molecule has 0 spiro atoms. The molecule has 0 amide bonds. The van der Waals surface area contributed by atoms with Crippen molar-refractivity contribution in [3.63, 3.8) is 0 Å². The molecule has 1 aliphatic rings. The third kappa shape index (κ3) is 2.42. The van der Waals surface area contributed by atoms with Crippen molar-refractivity contribution in [2.24, 2.45) is 0 Å². The average Bonchev–Trinajstić information content (AvgIpc) is 2.23. The Kier molecular flexibility index (Phi) is 2.93. The summed E-state index contributed by atoms with van der Waals surface area (Å²) in [6, 6.07) is 3.79. The normalized spacial score (nSPS) is 21.9. The highest BCUT2D eigenvalue weighted by molar-refractivity contribution is 5.10. The average molecular weight is 193 g/mol. The van der Waals surface area contributed by atoms with Gasteiger partial charge in [0.05, 0.1) is 5.69 Å². The molecule has 1 N–H and O–H groups in total. The maximum Gasteiger partial charge on any atom is 0.233 e. The molecule has 4 nitrogen and oxygen atoms in total. The van der Waals surface area contributed by atoms with Gasteiger partial charge >= 0.3 is 0 Å². The Hall–Kier alpha value is -1.16. The SMILES string of the molecule is Cc1ccc(OC2CCCNC2)nn1. The lowest BCUT2D eigenvalue weighted by molar-refractivity contribution is 0.159. The molecule has 4 heteroatoms. The summed E-state index contributed by atoms with van der Waals surface area (Å²) in [5.41, 5.74) is 0.916. The van der Waals surface area contributed by atoms with Crippen LogP contribution < -0.4 is 10.1 Å². The van der Waals surface area contributed by atoms with Gasteiger partial charge in [0.2, 0.25) is 5.88 Å². The second-order valence-corrected chi connectivity index (χ2v) is 3.60. The van der Waals surface area contributed by atoms with E-state index in [4.69, 9.17) is 4.74 Å². The van der Waals surface area contributed by atoms with Crippen LogP contribution in [0.4, 0.5) is 0 Å². The number of piperidine rings is 1. The summed E-state index contributed by atoms with van der Waals surface area (Å²) in [5, 5.41) is 11.2. The lowest BCUT2D eigenvalue weighted by Crippen LogP contribution is -2.37. The minimum absolute atomic E-state index is 0.251. The van der Waals surface area contributed by atoms with Gasteiger partial charge in [0.1, 0.15) is 6.10 Å². The van der Waals surface area contributed by atoms with E-state index in [1.165, 1.54) is 6.42 Å². The highest BCUT2D eigenvalue weighted by Crippen LogP contribution is 2.11. The quantitative estimate of drug-likeness (QED) is 0.758. The molecular weight excluding hydrogens is 178 g/mol. The number of hydrogen-bond acceptors (Lipinski definition) is 4. The largest absolute Gasteiger partial charge is 0.472 e. The molecule has 1 atom stereocenters. The van der Waals surface area contributed by atoms with Gasteiger partial charge in [-0.15, -0.1) is 5.10 Å². The first-order chi connectivity index (χ1) is 6.84. The molecule has 1 aromatic rings. The van der Waals surface area contributed by atoms with Gasteiger partial charge in [0.25, 0.3) is 0 Å².